The number of ether oxygens (including phenoxy) is 2. The zero-order valence-corrected chi connectivity index (χ0v) is 12.8. The van der Waals surface area contributed by atoms with Gasteiger partial charge in [0, 0.05) is 30.8 Å². The Kier molecular flexibility index (Phi) is 5.26. The highest BCUT2D eigenvalue weighted by Crippen LogP contribution is 2.23. The first-order chi connectivity index (χ1) is 10.8. The molecule has 2 fully saturated rings. The number of hydrogen-bond acceptors (Lipinski definition) is 6. The Labute approximate surface area is 130 Å². The SMILES string of the molecule is Oc1c(/C=N/N2CCOCC2)cccc1CN1CCOCC1. The molecule has 0 aliphatic carbocycles. The van der Waals surface area contributed by atoms with E-state index in [0.717, 1.165) is 57.1 Å². The van der Waals surface area contributed by atoms with Gasteiger partial charge < -0.3 is 14.6 Å². The largest absolute Gasteiger partial charge is 0.507 e. The van der Waals surface area contributed by atoms with Crippen molar-refractivity contribution in [2.45, 2.75) is 6.54 Å². The van der Waals surface area contributed by atoms with E-state index in [-0.39, 0.29) is 0 Å². The molecule has 2 aliphatic heterocycles. The molecule has 0 saturated carbocycles. The smallest absolute Gasteiger partial charge is 0.128 e. The molecule has 120 valence electrons. The quantitative estimate of drug-likeness (QED) is 0.837. The predicted molar refractivity (Wildman–Crippen MR) is 84.2 cm³/mol. The third kappa shape index (κ3) is 3.97. The molecule has 22 heavy (non-hydrogen) atoms. The van der Waals surface area contributed by atoms with Crippen LogP contribution < -0.4 is 0 Å². The van der Waals surface area contributed by atoms with Crippen LogP contribution in [0.25, 0.3) is 0 Å². The summed E-state index contributed by atoms with van der Waals surface area (Å²) in [6.45, 7) is 7.10. The van der Waals surface area contributed by atoms with Crippen LogP contribution in [-0.2, 0) is 16.0 Å². The van der Waals surface area contributed by atoms with Gasteiger partial charge in [-0.15, -0.1) is 0 Å². The molecule has 0 atom stereocenters. The summed E-state index contributed by atoms with van der Waals surface area (Å²) in [6.07, 6.45) is 1.74. The summed E-state index contributed by atoms with van der Waals surface area (Å²) in [4.78, 5) is 2.29. The molecule has 0 unspecified atom stereocenters. The maximum absolute atomic E-state index is 10.5. The molecule has 2 saturated heterocycles. The molecule has 0 radical (unpaired) electrons. The standard InChI is InChI=1S/C16H23N3O3/c20-16-14(12-17-19-6-10-22-11-7-19)2-1-3-15(16)13-18-4-8-21-9-5-18/h1-3,12,20H,4-11,13H2/b17-12+. The highest BCUT2D eigenvalue weighted by molar-refractivity contribution is 5.83. The van der Waals surface area contributed by atoms with E-state index in [9.17, 15) is 5.11 Å². The average Bonchev–Trinajstić information content (AvgIpc) is 2.58. The Morgan fingerprint density at radius 2 is 1.73 bits per heavy atom. The predicted octanol–water partition coefficient (Wildman–Crippen LogP) is 0.891. The summed E-state index contributed by atoms with van der Waals surface area (Å²) in [5.41, 5.74) is 1.70. The van der Waals surface area contributed by atoms with Crippen molar-refractivity contribution in [3.63, 3.8) is 0 Å². The lowest BCUT2D eigenvalue weighted by atomic mass is 10.1. The lowest BCUT2D eigenvalue weighted by molar-refractivity contribution is 0.0339. The Morgan fingerprint density at radius 1 is 1.05 bits per heavy atom. The van der Waals surface area contributed by atoms with E-state index in [1.165, 1.54) is 0 Å². The molecule has 1 aromatic carbocycles. The van der Waals surface area contributed by atoms with Gasteiger partial charge in [-0.25, -0.2) is 0 Å². The second kappa shape index (κ2) is 7.58. The maximum Gasteiger partial charge on any atom is 0.128 e. The third-order valence-electron chi connectivity index (χ3n) is 4.00. The van der Waals surface area contributed by atoms with E-state index in [1.807, 2.05) is 23.2 Å². The Morgan fingerprint density at radius 3 is 2.45 bits per heavy atom. The molecule has 1 aromatic rings. The Hall–Kier alpha value is -1.63. The monoisotopic (exact) mass is 305 g/mol. The Balaban J connectivity index is 1.66. The minimum atomic E-state index is 0.325. The second-order valence-corrected chi connectivity index (χ2v) is 5.55. The Bertz CT molecular complexity index is 509. The van der Waals surface area contributed by atoms with Crippen molar-refractivity contribution >= 4 is 6.21 Å². The molecule has 0 aromatic heterocycles. The number of nitrogens with zero attached hydrogens (tertiary/aromatic N) is 3. The summed E-state index contributed by atoms with van der Waals surface area (Å²) in [6, 6.07) is 5.83. The number of morpholine rings is 2. The lowest BCUT2D eigenvalue weighted by Crippen LogP contribution is -2.35. The zero-order valence-electron chi connectivity index (χ0n) is 12.8. The average molecular weight is 305 g/mol. The van der Waals surface area contributed by atoms with Gasteiger partial charge in [0.05, 0.1) is 45.7 Å². The number of para-hydroxylation sites is 1. The number of aromatic hydroxyl groups is 1. The van der Waals surface area contributed by atoms with Crippen LogP contribution in [0.4, 0.5) is 0 Å². The van der Waals surface area contributed by atoms with E-state index >= 15 is 0 Å². The van der Waals surface area contributed by atoms with Crippen LogP contribution in [0.15, 0.2) is 23.3 Å². The van der Waals surface area contributed by atoms with E-state index < -0.39 is 0 Å². The number of phenols is 1. The van der Waals surface area contributed by atoms with Crippen LogP contribution in [0.1, 0.15) is 11.1 Å². The molecule has 6 heteroatoms. The topological polar surface area (TPSA) is 57.5 Å². The normalized spacial score (nSPS) is 20.6. The third-order valence-corrected chi connectivity index (χ3v) is 4.00. The molecule has 3 rings (SSSR count). The van der Waals surface area contributed by atoms with E-state index in [1.54, 1.807) is 6.21 Å². The number of hydrogen-bond donors (Lipinski definition) is 1. The van der Waals surface area contributed by atoms with Crippen molar-refractivity contribution < 1.29 is 14.6 Å². The number of hydrazone groups is 1. The minimum Gasteiger partial charge on any atom is -0.507 e. The summed E-state index contributed by atoms with van der Waals surface area (Å²) < 4.78 is 10.7. The molecule has 0 amide bonds. The fourth-order valence-electron chi connectivity index (χ4n) is 2.66. The fraction of sp³-hybridized carbons (Fsp3) is 0.562. The minimum absolute atomic E-state index is 0.325. The van der Waals surface area contributed by atoms with Crippen molar-refractivity contribution in [2.24, 2.45) is 5.10 Å². The van der Waals surface area contributed by atoms with Gasteiger partial charge >= 0.3 is 0 Å². The molecule has 6 nitrogen and oxygen atoms in total. The van der Waals surface area contributed by atoms with Gasteiger partial charge in [-0.1, -0.05) is 12.1 Å². The molecule has 2 heterocycles. The van der Waals surface area contributed by atoms with Crippen LogP contribution in [-0.4, -0.2) is 73.8 Å². The van der Waals surface area contributed by atoms with Crippen LogP contribution in [0.3, 0.4) is 0 Å². The van der Waals surface area contributed by atoms with Crippen molar-refractivity contribution in [1.82, 2.24) is 9.91 Å². The summed E-state index contributed by atoms with van der Waals surface area (Å²) in [5.74, 6) is 0.325. The number of rotatable bonds is 4. The van der Waals surface area contributed by atoms with Gasteiger partial charge in [0.25, 0.3) is 0 Å². The van der Waals surface area contributed by atoms with Gasteiger partial charge in [-0.05, 0) is 6.07 Å². The van der Waals surface area contributed by atoms with E-state index in [0.29, 0.717) is 19.0 Å². The molecule has 1 N–H and O–H groups in total. The van der Waals surface area contributed by atoms with Gasteiger partial charge in [0.2, 0.25) is 0 Å². The molecule has 0 spiro atoms. The first-order valence-electron chi connectivity index (χ1n) is 7.80. The molecular formula is C16H23N3O3. The number of phenolic OH excluding ortho intramolecular Hbond substituents is 1. The second-order valence-electron chi connectivity index (χ2n) is 5.55. The lowest BCUT2D eigenvalue weighted by Gasteiger charge is -2.27. The summed E-state index contributed by atoms with van der Waals surface area (Å²) >= 11 is 0. The first-order valence-corrected chi connectivity index (χ1v) is 7.80. The molecule has 0 bridgehead atoms. The van der Waals surface area contributed by atoms with Crippen molar-refractivity contribution in [3.8, 4) is 5.75 Å². The zero-order chi connectivity index (χ0) is 15.2. The van der Waals surface area contributed by atoms with Gasteiger partial charge in [-0.3, -0.25) is 9.91 Å². The maximum atomic E-state index is 10.5. The highest BCUT2D eigenvalue weighted by atomic mass is 16.5. The van der Waals surface area contributed by atoms with Crippen molar-refractivity contribution in [3.05, 3.63) is 29.3 Å². The molecule has 2 aliphatic rings. The van der Waals surface area contributed by atoms with Crippen molar-refractivity contribution in [2.75, 3.05) is 52.6 Å². The van der Waals surface area contributed by atoms with Gasteiger partial charge in [-0.2, -0.15) is 5.10 Å². The van der Waals surface area contributed by atoms with Crippen LogP contribution >= 0.6 is 0 Å². The van der Waals surface area contributed by atoms with Gasteiger partial charge in [0.15, 0.2) is 0 Å². The van der Waals surface area contributed by atoms with E-state index in [2.05, 4.69) is 10.0 Å². The first kappa shape index (κ1) is 15.3. The fourth-order valence-corrected chi connectivity index (χ4v) is 2.66. The van der Waals surface area contributed by atoms with E-state index in [4.69, 9.17) is 9.47 Å². The summed E-state index contributed by atoms with van der Waals surface area (Å²) in [7, 11) is 0. The van der Waals surface area contributed by atoms with Crippen molar-refractivity contribution in [1.29, 1.82) is 0 Å². The van der Waals surface area contributed by atoms with Crippen LogP contribution in [0, 0.1) is 0 Å². The highest BCUT2D eigenvalue weighted by Gasteiger charge is 2.14. The van der Waals surface area contributed by atoms with Crippen LogP contribution in [0.2, 0.25) is 0 Å². The molecular weight excluding hydrogens is 282 g/mol. The van der Waals surface area contributed by atoms with Crippen LogP contribution in [0.5, 0.6) is 5.75 Å². The van der Waals surface area contributed by atoms with Gasteiger partial charge in [0.1, 0.15) is 5.75 Å². The summed E-state index contributed by atoms with van der Waals surface area (Å²) in [5, 5.41) is 16.9. The number of benzene rings is 1.